The third-order valence-corrected chi connectivity index (χ3v) is 9.40. The van der Waals surface area contributed by atoms with Crippen molar-refractivity contribution >= 4 is 17.7 Å². The van der Waals surface area contributed by atoms with Crippen LogP contribution in [0.2, 0.25) is 0 Å². The Bertz CT molecular complexity index is 1460. The van der Waals surface area contributed by atoms with Crippen molar-refractivity contribution in [3.05, 3.63) is 59.9 Å². The largest absolute Gasteiger partial charge is 0.495 e. The average molecular weight is 633 g/mol. The van der Waals surface area contributed by atoms with Crippen LogP contribution in [0.3, 0.4) is 0 Å². The highest BCUT2D eigenvalue weighted by Gasteiger charge is 2.34. The second-order valence-corrected chi connectivity index (χ2v) is 13.0. The van der Waals surface area contributed by atoms with Gasteiger partial charge in [0, 0.05) is 47.8 Å². The number of carbonyl (C=O) groups is 2. The van der Waals surface area contributed by atoms with Crippen LogP contribution < -0.4 is 15.0 Å². The van der Waals surface area contributed by atoms with Crippen molar-refractivity contribution in [3.63, 3.8) is 0 Å². The number of hydrogen-bond donors (Lipinski definition) is 2. The number of alkyl carbamates (subject to hydrolysis) is 1. The van der Waals surface area contributed by atoms with Crippen molar-refractivity contribution in [2.45, 2.75) is 90.1 Å². The molecule has 1 aromatic carbocycles. The Balaban J connectivity index is 1.30. The number of aromatic nitrogens is 2. The highest BCUT2D eigenvalue weighted by molar-refractivity contribution is 5.95. The van der Waals surface area contributed by atoms with Crippen LogP contribution >= 0.6 is 0 Å². The molecule has 0 spiro atoms. The first kappa shape index (κ1) is 33.4. The Morgan fingerprint density at radius 1 is 1.04 bits per heavy atom. The van der Waals surface area contributed by atoms with Crippen LogP contribution in [0.4, 0.5) is 10.5 Å². The molecule has 46 heavy (non-hydrogen) atoms. The second kappa shape index (κ2) is 15.6. The first-order valence-corrected chi connectivity index (χ1v) is 16.7. The van der Waals surface area contributed by atoms with E-state index in [9.17, 15) is 9.59 Å². The molecular formula is C36H48N4O6. The number of anilines is 1. The number of nitrogens with zero attached hydrogens (tertiary/aromatic N) is 3. The molecule has 0 unspecified atom stereocenters. The summed E-state index contributed by atoms with van der Waals surface area (Å²) < 4.78 is 16.6. The Labute approximate surface area is 271 Å². The van der Waals surface area contributed by atoms with E-state index < -0.39 is 6.09 Å². The van der Waals surface area contributed by atoms with Gasteiger partial charge in [0.1, 0.15) is 23.8 Å². The molecule has 0 aliphatic heterocycles. The number of rotatable bonds is 11. The van der Waals surface area contributed by atoms with Crippen molar-refractivity contribution < 1.29 is 28.6 Å². The third-order valence-electron chi connectivity index (χ3n) is 9.40. The van der Waals surface area contributed by atoms with E-state index in [1.807, 2.05) is 49.9 Å². The number of methoxy groups -OCH3 is 1. The molecule has 2 aliphatic carbocycles. The zero-order chi connectivity index (χ0) is 32.6. The molecule has 2 heterocycles. The van der Waals surface area contributed by atoms with E-state index in [0.29, 0.717) is 50.0 Å². The maximum atomic E-state index is 14.3. The second-order valence-electron chi connectivity index (χ2n) is 13.0. The van der Waals surface area contributed by atoms with Crippen molar-refractivity contribution in [1.29, 1.82) is 0 Å². The summed E-state index contributed by atoms with van der Waals surface area (Å²) in [5.74, 6) is 2.44. The van der Waals surface area contributed by atoms with Crippen LogP contribution in [-0.2, 0) is 9.53 Å². The van der Waals surface area contributed by atoms with Crippen LogP contribution in [0.5, 0.6) is 5.75 Å². The number of nitrogens with one attached hydrogen (secondary N) is 1. The summed E-state index contributed by atoms with van der Waals surface area (Å²) in [6, 6.07) is 12.2. The minimum Gasteiger partial charge on any atom is -0.495 e. The van der Waals surface area contributed by atoms with E-state index in [4.69, 9.17) is 29.0 Å². The lowest BCUT2D eigenvalue weighted by molar-refractivity contribution is -0.124. The molecule has 2 amide bonds. The van der Waals surface area contributed by atoms with Gasteiger partial charge < -0.3 is 29.2 Å². The minimum atomic E-state index is -0.522. The molecule has 0 bridgehead atoms. The van der Waals surface area contributed by atoms with Crippen molar-refractivity contribution in [2.75, 3.05) is 31.7 Å². The topological polar surface area (TPSA) is 127 Å². The molecule has 5 rings (SSSR count). The predicted molar refractivity (Wildman–Crippen MR) is 176 cm³/mol. The maximum Gasteiger partial charge on any atom is 0.407 e. The molecule has 2 aliphatic rings. The van der Waals surface area contributed by atoms with Crippen molar-refractivity contribution in [2.24, 2.45) is 11.8 Å². The van der Waals surface area contributed by atoms with Gasteiger partial charge in [0.25, 0.3) is 0 Å². The number of hydrogen-bond acceptors (Lipinski definition) is 8. The monoisotopic (exact) mass is 632 g/mol. The van der Waals surface area contributed by atoms with E-state index in [0.717, 1.165) is 59.8 Å². The number of aryl methyl sites for hydroxylation is 1. The van der Waals surface area contributed by atoms with Gasteiger partial charge in [-0.25, -0.2) is 9.78 Å². The van der Waals surface area contributed by atoms with E-state index in [2.05, 4.69) is 17.4 Å². The summed E-state index contributed by atoms with van der Waals surface area (Å²) in [5, 5.41) is 11.5. The standard InChI is InChI=1S/C36H48N4O6/c1-23(2)34-39-32(22-45-34)28-6-5-7-29(20-28)40(35(42)27-12-14-30(15-13-27)46-36(43)37-18-19-41)21-25-8-10-26(11-9-25)31-16-17-33(44-4)24(3)38-31/h5-7,16-17,20,22-23,25-27,30,41H,8-15,18-19,21H2,1-4H3,(H,37,43)/t25-,26-,27-,30-. The van der Waals surface area contributed by atoms with Gasteiger partial charge in [0.05, 0.1) is 19.4 Å². The zero-order valence-electron chi connectivity index (χ0n) is 27.5. The predicted octanol–water partition coefficient (Wildman–Crippen LogP) is 6.76. The molecular weight excluding hydrogens is 584 g/mol. The van der Waals surface area contributed by atoms with Gasteiger partial charge in [0.2, 0.25) is 5.91 Å². The summed E-state index contributed by atoms with van der Waals surface area (Å²) in [6.45, 7) is 6.76. The lowest BCUT2D eigenvalue weighted by Crippen LogP contribution is -2.42. The molecule has 2 saturated carbocycles. The Hall–Kier alpha value is -3.92. The molecule has 0 saturated heterocycles. The van der Waals surface area contributed by atoms with Gasteiger partial charge in [-0.05, 0) is 88.5 Å². The molecule has 10 nitrogen and oxygen atoms in total. The van der Waals surface area contributed by atoms with Gasteiger partial charge in [-0.2, -0.15) is 0 Å². The quantitative estimate of drug-likeness (QED) is 0.237. The number of ether oxygens (including phenoxy) is 2. The number of pyridine rings is 1. The Morgan fingerprint density at radius 3 is 2.46 bits per heavy atom. The summed E-state index contributed by atoms with van der Waals surface area (Å²) in [6.07, 6.45) is 7.61. The number of oxazole rings is 1. The number of aliphatic hydroxyl groups excluding tert-OH is 1. The minimum absolute atomic E-state index is 0.123. The van der Waals surface area contributed by atoms with Crippen LogP contribution in [-0.4, -0.2) is 60.0 Å². The SMILES string of the molecule is COc1ccc([C@H]2CC[C@H](CN(c3cccc(-c4coc(C(C)C)n4)c3)C(=O)[C@H]3CC[C@H](OC(=O)NCCO)CC3)CC2)nc1C. The number of amides is 2. The van der Waals surface area contributed by atoms with E-state index in [1.165, 1.54) is 0 Å². The molecule has 248 valence electrons. The fourth-order valence-electron chi connectivity index (χ4n) is 6.75. The normalized spacial score (nSPS) is 21.5. The number of aliphatic hydroxyl groups is 1. The van der Waals surface area contributed by atoms with Crippen LogP contribution in [0.15, 0.2) is 47.1 Å². The Kier molecular flexibility index (Phi) is 11.3. The van der Waals surface area contributed by atoms with Crippen molar-refractivity contribution in [1.82, 2.24) is 15.3 Å². The molecule has 0 radical (unpaired) electrons. The number of benzene rings is 1. The van der Waals surface area contributed by atoms with Gasteiger partial charge in [-0.15, -0.1) is 0 Å². The van der Waals surface area contributed by atoms with Gasteiger partial charge >= 0.3 is 6.09 Å². The van der Waals surface area contributed by atoms with Crippen LogP contribution in [0, 0.1) is 18.8 Å². The average Bonchev–Trinajstić information content (AvgIpc) is 3.58. The highest BCUT2D eigenvalue weighted by Crippen LogP contribution is 2.38. The summed E-state index contributed by atoms with van der Waals surface area (Å²) >= 11 is 0. The van der Waals surface area contributed by atoms with Gasteiger partial charge in [-0.1, -0.05) is 26.0 Å². The molecule has 2 N–H and O–H groups in total. The number of carbonyl (C=O) groups excluding carboxylic acids is 2. The zero-order valence-corrected chi connectivity index (χ0v) is 27.5. The van der Waals surface area contributed by atoms with E-state index in [1.54, 1.807) is 13.4 Å². The van der Waals surface area contributed by atoms with Crippen LogP contribution in [0.25, 0.3) is 11.3 Å². The van der Waals surface area contributed by atoms with Gasteiger partial charge in [-0.3, -0.25) is 9.78 Å². The van der Waals surface area contributed by atoms with Crippen molar-refractivity contribution in [3.8, 4) is 17.0 Å². The van der Waals surface area contributed by atoms with Gasteiger partial charge in [0.15, 0.2) is 5.89 Å². The molecule has 2 aromatic heterocycles. The van der Waals surface area contributed by atoms with Crippen LogP contribution in [0.1, 0.15) is 94.3 Å². The molecule has 0 atom stereocenters. The summed E-state index contributed by atoms with van der Waals surface area (Å²) in [4.78, 5) is 37.8. The Morgan fingerprint density at radius 2 is 1.80 bits per heavy atom. The fourth-order valence-corrected chi connectivity index (χ4v) is 6.75. The molecule has 10 heteroatoms. The summed E-state index contributed by atoms with van der Waals surface area (Å²) in [5.41, 5.74) is 4.58. The first-order chi connectivity index (χ1) is 22.2. The lowest BCUT2D eigenvalue weighted by Gasteiger charge is -2.36. The lowest BCUT2D eigenvalue weighted by atomic mass is 9.79. The van der Waals surface area contributed by atoms with E-state index >= 15 is 0 Å². The molecule has 2 fully saturated rings. The smallest absolute Gasteiger partial charge is 0.407 e. The third kappa shape index (κ3) is 8.26. The van der Waals surface area contributed by atoms with E-state index in [-0.39, 0.29) is 37.0 Å². The maximum absolute atomic E-state index is 14.3. The fraction of sp³-hybridized carbons (Fsp3) is 0.556. The summed E-state index contributed by atoms with van der Waals surface area (Å²) in [7, 11) is 1.67. The highest BCUT2D eigenvalue weighted by atomic mass is 16.6. The molecule has 3 aromatic rings. The first-order valence-electron chi connectivity index (χ1n) is 16.7.